The number of amides is 1. The Hall–Kier alpha value is -8.22. The number of aromatic amines is 1. The Labute approximate surface area is 473 Å². The van der Waals surface area contributed by atoms with Crippen molar-refractivity contribution in [1.82, 2.24) is 25.3 Å². The molecule has 0 atom stereocenters. The molecule has 6 N–H and O–H groups in total. The molecule has 0 unspecified atom stereocenters. The van der Waals surface area contributed by atoms with Crippen molar-refractivity contribution in [2.75, 3.05) is 47.9 Å². The molecule has 6 aromatic rings. The van der Waals surface area contributed by atoms with E-state index in [9.17, 15) is 27.4 Å². The molecule has 0 spiro atoms. The molecule has 0 fully saturated rings. The van der Waals surface area contributed by atoms with Gasteiger partial charge in [-0.25, -0.2) is 9.97 Å². The first-order valence-corrected chi connectivity index (χ1v) is 29.5. The van der Waals surface area contributed by atoms with Crippen molar-refractivity contribution in [3.05, 3.63) is 189 Å². The van der Waals surface area contributed by atoms with E-state index in [1.165, 1.54) is 28.7 Å². The fourth-order valence-electron chi connectivity index (χ4n) is 10.8. The first-order chi connectivity index (χ1) is 38.9. The minimum atomic E-state index is -4.07. The number of unbranched alkanes of at least 4 members (excludes halogenated alkanes) is 3. The maximum absolute atomic E-state index is 13.1. The van der Waals surface area contributed by atoms with Crippen LogP contribution in [0.2, 0.25) is 0 Å². The van der Waals surface area contributed by atoms with Crippen molar-refractivity contribution in [2.45, 2.75) is 110 Å². The lowest BCUT2D eigenvalue weighted by Gasteiger charge is -2.27. The van der Waals surface area contributed by atoms with E-state index >= 15 is 0 Å². The van der Waals surface area contributed by atoms with Gasteiger partial charge in [0.05, 0.1) is 29.6 Å². The van der Waals surface area contributed by atoms with E-state index in [2.05, 4.69) is 129 Å². The average molecular weight is 1120 g/mol. The van der Waals surface area contributed by atoms with Crippen LogP contribution in [0.5, 0.6) is 5.75 Å². The zero-order chi connectivity index (χ0) is 57.3. The third kappa shape index (κ3) is 13.7. The van der Waals surface area contributed by atoms with Gasteiger partial charge in [-0.05, 0) is 111 Å². The van der Waals surface area contributed by atoms with Crippen LogP contribution in [-0.4, -0.2) is 86.9 Å². The molecule has 3 aliphatic rings. The standard InChI is InChI=1S/C63H71N9O8S/c1-6-7-12-36-71-51-19-10-9-18-50(51)63(4,5)55(71)34-32-53-57(44(41-79-53)26-33-54-62(2,3)49-17-8-11-20-52(49)72(54)37-13-14-38-81(76,77)78)80-48-30-22-42(23-31-48)21-29-47(73)16-15-35-65-59(74)43-24-27-45(28-25-43)66-39-46-40-67-58-56(68-46)60(75)70-61(64)69-58/h8-11,17-20,22-28,30-34,40H,6-7,12-16,21,29,35-39,41H2,1-5H3,(H5-,64,65,66,67,69,70,74,75,76,77,78)/p+1. The van der Waals surface area contributed by atoms with Gasteiger partial charge in [-0.2, -0.15) is 18.0 Å². The van der Waals surface area contributed by atoms with Gasteiger partial charge in [0.2, 0.25) is 11.6 Å². The van der Waals surface area contributed by atoms with Crippen molar-refractivity contribution >= 4 is 61.7 Å². The Kier molecular flexibility index (Phi) is 17.8. The second-order valence-corrected chi connectivity index (χ2v) is 23.4. The van der Waals surface area contributed by atoms with Crippen molar-refractivity contribution < 1.29 is 36.6 Å². The summed E-state index contributed by atoms with van der Waals surface area (Å²) in [5.41, 5.74) is 15.3. The minimum Gasteiger partial charge on any atom is -0.485 e. The van der Waals surface area contributed by atoms with Crippen LogP contribution in [0.15, 0.2) is 155 Å². The summed E-state index contributed by atoms with van der Waals surface area (Å²) in [5.74, 6) is 1.37. The molecule has 0 bridgehead atoms. The van der Waals surface area contributed by atoms with Gasteiger partial charge in [-0.1, -0.05) is 82.1 Å². The highest BCUT2D eigenvalue weighted by atomic mass is 32.2. The molecule has 1 amide bonds. The number of Topliss-reactive ketones (excluding diaryl/α,β-unsaturated/α-hetero) is 1. The number of anilines is 3. The van der Waals surface area contributed by atoms with Crippen LogP contribution in [-0.2, 0) is 43.4 Å². The average Bonchev–Trinajstić information content (AvgIpc) is 4.01. The van der Waals surface area contributed by atoms with Gasteiger partial charge in [0, 0.05) is 83.7 Å². The number of carbonyl (C=O) groups is 2. The Bertz CT molecular complexity index is 3660. The van der Waals surface area contributed by atoms with Gasteiger partial charge in [0.1, 0.15) is 24.7 Å². The van der Waals surface area contributed by atoms with Crippen LogP contribution < -0.4 is 31.6 Å². The molecule has 0 aliphatic carbocycles. The Morgan fingerprint density at radius 2 is 1.63 bits per heavy atom. The zero-order valence-corrected chi connectivity index (χ0v) is 47.6. The van der Waals surface area contributed by atoms with E-state index in [1.54, 1.807) is 24.3 Å². The van der Waals surface area contributed by atoms with E-state index in [4.69, 9.17) is 15.2 Å². The molecule has 5 heterocycles. The smallest absolute Gasteiger partial charge is 0.280 e. The van der Waals surface area contributed by atoms with E-state index in [0.717, 1.165) is 54.0 Å². The predicted molar refractivity (Wildman–Crippen MR) is 318 cm³/mol. The number of ketones is 1. The molecule has 0 saturated heterocycles. The number of aromatic nitrogens is 4. The van der Waals surface area contributed by atoms with Crippen LogP contribution >= 0.6 is 0 Å². The molecule has 3 aliphatic heterocycles. The number of nitrogens with two attached hydrogens (primary N) is 1. The molecule has 18 heteroatoms. The number of nitrogens with zero attached hydrogens (tertiary/aromatic N) is 5. The number of H-pyrrole nitrogens is 1. The molecular weight excluding hydrogens is 1040 g/mol. The predicted octanol–water partition coefficient (Wildman–Crippen LogP) is 10.3. The number of hydrogen-bond donors (Lipinski definition) is 5. The number of benzene rings is 4. The normalized spacial score (nSPS) is 16.4. The van der Waals surface area contributed by atoms with E-state index < -0.39 is 15.7 Å². The SMILES string of the molecule is CCCCCN1C(=CC=C2OCC(C=CC3=[N+](CCCCS(=O)(=O)O)c4ccccc4C3(C)C)=C2Oc2ccc(CCC(=O)CCCNC(=O)c3ccc(NCc4cnc5nc(N)[nH]c(=O)c5n4)cc3)cc2)C(C)(C)c2ccccc21. The van der Waals surface area contributed by atoms with Crippen molar-refractivity contribution in [3.63, 3.8) is 0 Å². The Morgan fingerprint density at radius 3 is 2.40 bits per heavy atom. The fourth-order valence-corrected chi connectivity index (χ4v) is 11.4. The molecule has 0 saturated carbocycles. The second kappa shape index (κ2) is 25.1. The summed E-state index contributed by atoms with van der Waals surface area (Å²) in [5, 5.41) is 6.13. The van der Waals surface area contributed by atoms with Gasteiger partial charge in [-0.15, -0.1) is 0 Å². The van der Waals surface area contributed by atoms with Crippen LogP contribution in [0.3, 0.4) is 0 Å². The van der Waals surface area contributed by atoms with Crippen LogP contribution in [0.25, 0.3) is 11.2 Å². The molecule has 0 radical (unpaired) electrons. The van der Waals surface area contributed by atoms with Crippen molar-refractivity contribution in [2.24, 2.45) is 0 Å². The number of fused-ring (bicyclic) bond motifs is 3. The van der Waals surface area contributed by atoms with Gasteiger partial charge >= 0.3 is 0 Å². The summed E-state index contributed by atoms with van der Waals surface area (Å²) in [4.78, 5) is 55.6. The van der Waals surface area contributed by atoms with Gasteiger partial charge in [0.15, 0.2) is 28.4 Å². The summed E-state index contributed by atoms with van der Waals surface area (Å²) in [6.07, 6.45) is 15.9. The maximum Gasteiger partial charge on any atom is 0.280 e. The third-order valence-electron chi connectivity index (χ3n) is 15.2. The van der Waals surface area contributed by atoms with Crippen LogP contribution in [0.4, 0.5) is 23.0 Å². The number of para-hydroxylation sites is 2. The lowest BCUT2D eigenvalue weighted by molar-refractivity contribution is -0.438. The summed E-state index contributed by atoms with van der Waals surface area (Å²) < 4.78 is 48.2. The first-order valence-electron chi connectivity index (χ1n) is 27.8. The molecule has 17 nitrogen and oxygen atoms in total. The number of hydrogen-bond acceptors (Lipinski definition) is 13. The van der Waals surface area contributed by atoms with Crippen LogP contribution in [0, 0.1) is 0 Å². The lowest BCUT2D eigenvalue weighted by atomic mass is 9.81. The highest BCUT2D eigenvalue weighted by molar-refractivity contribution is 7.85. The van der Waals surface area contributed by atoms with Crippen LogP contribution in [0.1, 0.15) is 119 Å². The molecule has 2 aromatic heterocycles. The van der Waals surface area contributed by atoms with Gasteiger partial charge < -0.3 is 30.7 Å². The highest BCUT2D eigenvalue weighted by Crippen LogP contribution is 2.48. The van der Waals surface area contributed by atoms with Crippen molar-refractivity contribution in [1.29, 1.82) is 0 Å². The fraction of sp³-hybridized carbons (Fsp3) is 0.349. The Morgan fingerprint density at radius 1 is 0.877 bits per heavy atom. The monoisotopic (exact) mass is 1110 g/mol. The quantitative estimate of drug-likeness (QED) is 0.0204. The summed E-state index contributed by atoms with van der Waals surface area (Å²) in [6.45, 7) is 13.5. The minimum absolute atomic E-state index is 0.0291. The Balaban J connectivity index is 0.848. The van der Waals surface area contributed by atoms with Gasteiger partial charge in [0.25, 0.3) is 21.6 Å². The topological polar surface area (TPSA) is 235 Å². The van der Waals surface area contributed by atoms with E-state index in [1.807, 2.05) is 42.5 Å². The largest absolute Gasteiger partial charge is 0.485 e. The van der Waals surface area contributed by atoms with E-state index in [-0.39, 0.29) is 58.5 Å². The number of allylic oxidation sites excluding steroid dienone is 4. The summed E-state index contributed by atoms with van der Waals surface area (Å²) >= 11 is 0. The number of ether oxygens (including phenoxy) is 2. The molecule has 4 aromatic carbocycles. The molecule has 422 valence electrons. The summed E-state index contributed by atoms with van der Waals surface area (Å²) in [6, 6.07) is 31.7. The second-order valence-electron chi connectivity index (χ2n) is 21.8. The van der Waals surface area contributed by atoms with Crippen molar-refractivity contribution in [3.8, 4) is 5.75 Å². The highest BCUT2D eigenvalue weighted by Gasteiger charge is 2.44. The number of aryl methyl sites for hydroxylation is 1. The molecule has 81 heavy (non-hydrogen) atoms. The lowest BCUT2D eigenvalue weighted by Crippen LogP contribution is -2.28. The number of nitrogen functional groups attached to an aromatic ring is 1. The van der Waals surface area contributed by atoms with Gasteiger partial charge in [-0.3, -0.25) is 23.9 Å². The zero-order valence-electron chi connectivity index (χ0n) is 46.8. The summed E-state index contributed by atoms with van der Waals surface area (Å²) in [7, 11) is -4.07. The molecule has 9 rings (SSSR count). The third-order valence-corrected chi connectivity index (χ3v) is 16.0. The first kappa shape index (κ1) is 57.5. The maximum atomic E-state index is 13.1. The van der Waals surface area contributed by atoms with E-state index in [0.29, 0.717) is 80.1 Å². The number of carbonyl (C=O) groups excluding carboxylic acids is 2. The number of nitrogens with one attached hydrogen (secondary N) is 3. The number of rotatable bonds is 25. The molecular formula is C63H72N9O8S+.